The second kappa shape index (κ2) is 8.25. The zero-order chi connectivity index (χ0) is 15.1. The summed E-state index contributed by atoms with van der Waals surface area (Å²) in [5.74, 6) is 1.45. The standard InChI is InChI=1S/C16H23ClN2O2/c1-21-15-4-2-13(10-14(15)17)11-19-16(20)5-3-12-6-8-18-9-7-12/h2,4,10,12,18H,3,5-9,11H2,1H3,(H,19,20). The van der Waals surface area contributed by atoms with Crippen LogP contribution in [0.25, 0.3) is 0 Å². The van der Waals surface area contributed by atoms with Gasteiger partial charge in [-0.25, -0.2) is 0 Å². The molecule has 1 aliphatic rings. The fraction of sp³-hybridized carbons (Fsp3) is 0.562. The highest BCUT2D eigenvalue weighted by Gasteiger charge is 2.14. The van der Waals surface area contributed by atoms with Crippen molar-refractivity contribution in [1.29, 1.82) is 0 Å². The van der Waals surface area contributed by atoms with E-state index in [4.69, 9.17) is 16.3 Å². The number of piperidine rings is 1. The molecule has 0 unspecified atom stereocenters. The third-order valence-corrected chi connectivity index (χ3v) is 4.24. The number of ether oxygens (including phenoxy) is 1. The molecule has 1 heterocycles. The Balaban J connectivity index is 1.71. The van der Waals surface area contributed by atoms with Crippen molar-refractivity contribution in [2.45, 2.75) is 32.2 Å². The van der Waals surface area contributed by atoms with Gasteiger partial charge in [-0.3, -0.25) is 4.79 Å². The first kappa shape index (κ1) is 16.1. The number of amides is 1. The molecule has 0 saturated carbocycles. The van der Waals surface area contributed by atoms with Crippen molar-refractivity contribution in [2.75, 3.05) is 20.2 Å². The van der Waals surface area contributed by atoms with E-state index in [0.717, 1.165) is 25.1 Å². The summed E-state index contributed by atoms with van der Waals surface area (Å²) >= 11 is 6.06. The molecule has 1 fully saturated rings. The summed E-state index contributed by atoms with van der Waals surface area (Å²) in [6.07, 6.45) is 3.95. The number of hydrogen-bond donors (Lipinski definition) is 2. The smallest absolute Gasteiger partial charge is 0.220 e. The van der Waals surface area contributed by atoms with E-state index in [1.807, 2.05) is 18.2 Å². The van der Waals surface area contributed by atoms with Gasteiger partial charge in [-0.05, 0) is 56.0 Å². The molecule has 2 rings (SSSR count). The van der Waals surface area contributed by atoms with E-state index in [-0.39, 0.29) is 5.91 Å². The summed E-state index contributed by atoms with van der Waals surface area (Å²) in [6, 6.07) is 5.56. The Morgan fingerprint density at radius 3 is 2.86 bits per heavy atom. The Kier molecular flexibility index (Phi) is 6.33. The van der Waals surface area contributed by atoms with Crippen LogP contribution in [0.5, 0.6) is 5.75 Å². The minimum atomic E-state index is 0.112. The van der Waals surface area contributed by atoms with Gasteiger partial charge in [-0.2, -0.15) is 0 Å². The lowest BCUT2D eigenvalue weighted by atomic mass is 9.93. The van der Waals surface area contributed by atoms with Gasteiger partial charge >= 0.3 is 0 Å². The van der Waals surface area contributed by atoms with Gasteiger partial charge in [-0.1, -0.05) is 17.7 Å². The first-order valence-corrected chi connectivity index (χ1v) is 7.86. The molecule has 2 N–H and O–H groups in total. The number of nitrogens with one attached hydrogen (secondary N) is 2. The number of methoxy groups -OCH3 is 1. The van der Waals surface area contributed by atoms with Gasteiger partial charge in [0.15, 0.2) is 0 Å². The summed E-state index contributed by atoms with van der Waals surface area (Å²) in [5, 5.41) is 6.86. The summed E-state index contributed by atoms with van der Waals surface area (Å²) < 4.78 is 5.11. The lowest BCUT2D eigenvalue weighted by Gasteiger charge is -2.22. The molecule has 21 heavy (non-hydrogen) atoms. The van der Waals surface area contributed by atoms with Crippen LogP contribution in [-0.2, 0) is 11.3 Å². The van der Waals surface area contributed by atoms with Gasteiger partial charge in [0, 0.05) is 13.0 Å². The van der Waals surface area contributed by atoms with Gasteiger partial charge in [0.1, 0.15) is 5.75 Å². The van der Waals surface area contributed by atoms with Crippen LogP contribution in [-0.4, -0.2) is 26.1 Å². The third-order valence-electron chi connectivity index (χ3n) is 3.94. The van der Waals surface area contributed by atoms with Gasteiger partial charge in [0.25, 0.3) is 0 Å². The van der Waals surface area contributed by atoms with Crippen LogP contribution in [0.3, 0.4) is 0 Å². The van der Waals surface area contributed by atoms with E-state index >= 15 is 0 Å². The fourth-order valence-corrected chi connectivity index (χ4v) is 2.89. The van der Waals surface area contributed by atoms with Gasteiger partial charge in [0.05, 0.1) is 12.1 Å². The highest BCUT2D eigenvalue weighted by Crippen LogP contribution is 2.24. The van der Waals surface area contributed by atoms with E-state index in [1.165, 1.54) is 12.8 Å². The van der Waals surface area contributed by atoms with Crippen LogP contribution in [0.2, 0.25) is 5.02 Å². The molecule has 1 aromatic carbocycles. The zero-order valence-electron chi connectivity index (χ0n) is 12.5. The first-order valence-electron chi connectivity index (χ1n) is 7.49. The number of benzene rings is 1. The van der Waals surface area contributed by atoms with Crippen molar-refractivity contribution in [3.8, 4) is 5.75 Å². The van der Waals surface area contributed by atoms with Crippen molar-refractivity contribution < 1.29 is 9.53 Å². The van der Waals surface area contributed by atoms with Crippen molar-refractivity contribution in [3.63, 3.8) is 0 Å². The number of carbonyl (C=O) groups is 1. The summed E-state index contributed by atoms with van der Waals surface area (Å²) in [6.45, 7) is 2.67. The number of halogens is 1. The second-order valence-electron chi connectivity index (χ2n) is 5.48. The molecule has 1 aromatic rings. The van der Waals surface area contributed by atoms with Crippen LogP contribution in [0.1, 0.15) is 31.2 Å². The SMILES string of the molecule is COc1ccc(CNC(=O)CCC2CCNCC2)cc1Cl. The predicted octanol–water partition coefficient (Wildman–Crippen LogP) is 2.74. The van der Waals surface area contributed by atoms with Gasteiger partial charge in [-0.15, -0.1) is 0 Å². The average molecular weight is 311 g/mol. The van der Waals surface area contributed by atoms with Crippen LogP contribution in [0.15, 0.2) is 18.2 Å². The molecule has 0 aromatic heterocycles. The van der Waals surface area contributed by atoms with E-state index in [9.17, 15) is 4.79 Å². The number of rotatable bonds is 6. The van der Waals surface area contributed by atoms with Crippen LogP contribution < -0.4 is 15.4 Å². The molecular weight excluding hydrogens is 288 g/mol. The summed E-state index contributed by atoms with van der Waals surface area (Å²) in [7, 11) is 1.59. The lowest BCUT2D eigenvalue weighted by molar-refractivity contribution is -0.121. The largest absolute Gasteiger partial charge is 0.495 e. The van der Waals surface area contributed by atoms with E-state index in [0.29, 0.717) is 29.7 Å². The monoisotopic (exact) mass is 310 g/mol. The fourth-order valence-electron chi connectivity index (χ4n) is 2.61. The maximum atomic E-state index is 11.9. The van der Waals surface area contributed by atoms with Crippen LogP contribution >= 0.6 is 11.6 Å². The molecule has 0 atom stereocenters. The molecule has 0 radical (unpaired) electrons. The highest BCUT2D eigenvalue weighted by atomic mass is 35.5. The topological polar surface area (TPSA) is 50.4 Å². The second-order valence-corrected chi connectivity index (χ2v) is 5.88. The molecule has 0 spiro atoms. The van der Waals surface area contributed by atoms with Gasteiger partial charge < -0.3 is 15.4 Å². The van der Waals surface area contributed by atoms with E-state index < -0.39 is 0 Å². The molecular formula is C16H23ClN2O2. The Morgan fingerprint density at radius 2 is 2.19 bits per heavy atom. The molecule has 0 aliphatic carbocycles. The van der Waals surface area contributed by atoms with Crippen molar-refractivity contribution in [1.82, 2.24) is 10.6 Å². The van der Waals surface area contributed by atoms with Gasteiger partial charge in [0.2, 0.25) is 5.91 Å². The maximum Gasteiger partial charge on any atom is 0.220 e. The molecule has 116 valence electrons. The number of carbonyl (C=O) groups excluding carboxylic acids is 1. The minimum Gasteiger partial charge on any atom is -0.495 e. The Labute approximate surface area is 131 Å². The average Bonchev–Trinajstić information content (AvgIpc) is 2.52. The molecule has 1 amide bonds. The van der Waals surface area contributed by atoms with E-state index in [2.05, 4.69) is 10.6 Å². The summed E-state index contributed by atoms with van der Waals surface area (Å²) in [5.41, 5.74) is 0.982. The van der Waals surface area contributed by atoms with Crippen molar-refractivity contribution >= 4 is 17.5 Å². The maximum absolute atomic E-state index is 11.9. The van der Waals surface area contributed by atoms with Crippen molar-refractivity contribution in [2.24, 2.45) is 5.92 Å². The zero-order valence-corrected chi connectivity index (χ0v) is 13.2. The minimum absolute atomic E-state index is 0.112. The quantitative estimate of drug-likeness (QED) is 0.849. The third kappa shape index (κ3) is 5.21. The lowest BCUT2D eigenvalue weighted by Crippen LogP contribution is -2.29. The molecule has 5 heteroatoms. The van der Waals surface area contributed by atoms with Crippen LogP contribution in [0.4, 0.5) is 0 Å². The Hall–Kier alpha value is -1.26. The number of hydrogen-bond acceptors (Lipinski definition) is 3. The van der Waals surface area contributed by atoms with Crippen LogP contribution in [0, 0.1) is 5.92 Å². The summed E-state index contributed by atoms with van der Waals surface area (Å²) in [4.78, 5) is 11.9. The highest BCUT2D eigenvalue weighted by molar-refractivity contribution is 6.32. The normalized spacial score (nSPS) is 15.7. The molecule has 1 saturated heterocycles. The molecule has 1 aliphatic heterocycles. The first-order chi connectivity index (χ1) is 10.2. The molecule has 0 bridgehead atoms. The molecule has 4 nitrogen and oxygen atoms in total. The Bertz CT molecular complexity index is 473. The van der Waals surface area contributed by atoms with Crippen molar-refractivity contribution in [3.05, 3.63) is 28.8 Å². The van der Waals surface area contributed by atoms with E-state index in [1.54, 1.807) is 7.11 Å². The Morgan fingerprint density at radius 1 is 1.43 bits per heavy atom. The predicted molar refractivity (Wildman–Crippen MR) is 84.7 cm³/mol.